The van der Waals surface area contributed by atoms with Crippen LogP contribution in [0.5, 0.6) is 17.2 Å². The second-order valence-electron chi connectivity index (χ2n) is 5.96. The van der Waals surface area contributed by atoms with E-state index in [4.69, 9.17) is 14.2 Å². The third-order valence-corrected chi connectivity index (χ3v) is 4.35. The summed E-state index contributed by atoms with van der Waals surface area (Å²) in [5.74, 6) is 1.16. The van der Waals surface area contributed by atoms with E-state index >= 15 is 0 Å². The van der Waals surface area contributed by atoms with Gasteiger partial charge in [-0.15, -0.1) is 0 Å². The summed E-state index contributed by atoms with van der Waals surface area (Å²) in [5.41, 5.74) is 1.09. The summed E-state index contributed by atoms with van der Waals surface area (Å²) < 4.78 is 16.8. The van der Waals surface area contributed by atoms with E-state index in [0.29, 0.717) is 41.7 Å². The van der Waals surface area contributed by atoms with Crippen LogP contribution in [0, 0.1) is 0 Å². The van der Waals surface area contributed by atoms with Gasteiger partial charge in [-0.2, -0.15) is 0 Å². The average Bonchev–Trinajstić information content (AvgIpc) is 2.71. The monoisotopic (exact) mass is 354 g/mol. The Morgan fingerprint density at radius 1 is 1.04 bits per heavy atom. The van der Waals surface area contributed by atoms with E-state index in [9.17, 15) is 9.59 Å². The van der Waals surface area contributed by atoms with E-state index in [0.717, 1.165) is 0 Å². The quantitative estimate of drug-likeness (QED) is 0.887. The number of rotatable bonds is 2. The van der Waals surface area contributed by atoms with Crippen LogP contribution >= 0.6 is 0 Å². The van der Waals surface area contributed by atoms with Crippen molar-refractivity contribution in [2.24, 2.45) is 0 Å². The Bertz CT molecular complexity index is 867. The number of benzene rings is 2. The van der Waals surface area contributed by atoms with Gasteiger partial charge >= 0.3 is 0 Å². The van der Waals surface area contributed by atoms with E-state index in [1.165, 1.54) is 0 Å². The zero-order valence-corrected chi connectivity index (χ0v) is 14.2. The molecule has 0 radical (unpaired) electrons. The molecule has 2 amide bonds. The van der Waals surface area contributed by atoms with Gasteiger partial charge in [0.15, 0.2) is 17.6 Å². The second-order valence-corrected chi connectivity index (χ2v) is 5.96. The molecule has 2 aliphatic heterocycles. The number of carbonyl (C=O) groups is 2. The minimum absolute atomic E-state index is 0.129. The number of likely N-dealkylation sites (N-methyl/N-ethyl adjacent to an activating group) is 1. The molecule has 26 heavy (non-hydrogen) atoms. The summed E-state index contributed by atoms with van der Waals surface area (Å²) in [4.78, 5) is 26.8. The first kappa shape index (κ1) is 16.3. The van der Waals surface area contributed by atoms with Gasteiger partial charge in [0.05, 0.1) is 12.2 Å². The molecule has 2 aliphatic rings. The van der Waals surface area contributed by atoms with Crippen molar-refractivity contribution >= 4 is 17.5 Å². The van der Waals surface area contributed by atoms with Gasteiger partial charge in [0.2, 0.25) is 0 Å². The molecule has 0 saturated heterocycles. The van der Waals surface area contributed by atoms with Crippen molar-refractivity contribution in [3.63, 3.8) is 0 Å². The van der Waals surface area contributed by atoms with Crippen LogP contribution in [0.1, 0.15) is 10.4 Å². The number of anilines is 1. The van der Waals surface area contributed by atoms with Crippen LogP contribution in [0.4, 0.5) is 5.69 Å². The van der Waals surface area contributed by atoms with Crippen molar-refractivity contribution in [2.75, 3.05) is 31.7 Å². The number of para-hydroxylation sites is 2. The van der Waals surface area contributed by atoms with Gasteiger partial charge in [0, 0.05) is 12.6 Å². The number of carbonyl (C=O) groups excluding carboxylic acids is 2. The molecule has 2 aromatic carbocycles. The van der Waals surface area contributed by atoms with E-state index in [-0.39, 0.29) is 18.4 Å². The van der Waals surface area contributed by atoms with Crippen molar-refractivity contribution < 1.29 is 23.8 Å². The van der Waals surface area contributed by atoms with Crippen LogP contribution in [-0.2, 0) is 4.79 Å². The lowest BCUT2D eigenvalue weighted by Gasteiger charge is -2.34. The molecule has 4 rings (SSSR count). The molecule has 0 aliphatic carbocycles. The predicted molar refractivity (Wildman–Crippen MR) is 94.0 cm³/mol. The van der Waals surface area contributed by atoms with E-state index in [1.807, 2.05) is 6.07 Å². The third kappa shape index (κ3) is 2.81. The fraction of sp³-hybridized carbons (Fsp3) is 0.263. The fourth-order valence-corrected chi connectivity index (χ4v) is 3.06. The maximum Gasteiger partial charge on any atom is 0.262 e. The summed E-state index contributed by atoms with van der Waals surface area (Å²) in [6.07, 6.45) is -0.768. The maximum absolute atomic E-state index is 13.1. The summed E-state index contributed by atoms with van der Waals surface area (Å²) in [7, 11) is 1.54. The smallest absolute Gasteiger partial charge is 0.262 e. The third-order valence-electron chi connectivity index (χ3n) is 4.35. The lowest BCUT2D eigenvalue weighted by molar-refractivity contribution is -0.127. The van der Waals surface area contributed by atoms with E-state index < -0.39 is 6.10 Å². The minimum Gasteiger partial charge on any atom is -0.486 e. The molecule has 2 aromatic rings. The number of ether oxygens (including phenoxy) is 3. The number of hydrogen-bond donors (Lipinski definition) is 1. The van der Waals surface area contributed by atoms with Crippen molar-refractivity contribution in [1.29, 1.82) is 0 Å². The molecule has 0 fully saturated rings. The largest absolute Gasteiger partial charge is 0.486 e. The average molecular weight is 354 g/mol. The highest BCUT2D eigenvalue weighted by Gasteiger charge is 2.34. The summed E-state index contributed by atoms with van der Waals surface area (Å²) in [6.45, 7) is 1.07. The summed E-state index contributed by atoms with van der Waals surface area (Å²) in [5, 5.41) is 2.57. The SMILES string of the molecule is CNC(=O)[C@@H]1CN(C(=O)c2ccc3c(c2)OCCO3)c2ccccc2O1. The van der Waals surface area contributed by atoms with Gasteiger partial charge in [-0.25, -0.2) is 0 Å². The Labute approximate surface area is 150 Å². The molecule has 7 nitrogen and oxygen atoms in total. The fourth-order valence-electron chi connectivity index (χ4n) is 3.06. The molecular weight excluding hydrogens is 336 g/mol. The van der Waals surface area contributed by atoms with Crippen LogP contribution in [0.3, 0.4) is 0 Å². The highest BCUT2D eigenvalue weighted by Crippen LogP contribution is 2.36. The predicted octanol–water partition coefficient (Wildman–Crippen LogP) is 1.61. The van der Waals surface area contributed by atoms with Crippen LogP contribution in [0.2, 0.25) is 0 Å². The van der Waals surface area contributed by atoms with E-state index in [1.54, 1.807) is 48.3 Å². The number of nitrogens with zero attached hydrogens (tertiary/aromatic N) is 1. The number of fused-ring (bicyclic) bond motifs is 2. The highest BCUT2D eigenvalue weighted by atomic mass is 16.6. The first-order valence-electron chi connectivity index (χ1n) is 8.36. The Balaban J connectivity index is 1.69. The molecule has 134 valence electrons. The Morgan fingerprint density at radius 2 is 1.81 bits per heavy atom. The van der Waals surface area contributed by atoms with Crippen LogP contribution in [0.25, 0.3) is 0 Å². The number of amides is 2. The van der Waals surface area contributed by atoms with Crippen LogP contribution < -0.4 is 24.4 Å². The lowest BCUT2D eigenvalue weighted by Crippen LogP contribution is -2.50. The normalized spacial score (nSPS) is 17.7. The highest BCUT2D eigenvalue weighted by molar-refractivity contribution is 6.08. The Kier molecular flexibility index (Phi) is 4.12. The lowest BCUT2D eigenvalue weighted by atomic mass is 10.1. The molecule has 0 unspecified atom stereocenters. The molecule has 0 saturated carbocycles. The topological polar surface area (TPSA) is 77.1 Å². The Hall–Kier alpha value is -3.22. The molecular formula is C19H18N2O5. The molecule has 7 heteroatoms. The van der Waals surface area contributed by atoms with Gasteiger partial charge in [-0.3, -0.25) is 9.59 Å². The second kappa shape index (κ2) is 6.59. The number of hydrogen-bond acceptors (Lipinski definition) is 5. The standard InChI is InChI=1S/C19H18N2O5/c1-20-18(22)17-11-21(13-4-2-3-5-14(13)26-17)19(23)12-6-7-15-16(10-12)25-9-8-24-15/h2-7,10,17H,8-9,11H2,1H3,(H,20,22)/t17-/m0/s1. The van der Waals surface area contributed by atoms with Crippen LogP contribution in [0.15, 0.2) is 42.5 Å². The maximum atomic E-state index is 13.1. The van der Waals surface area contributed by atoms with Crippen molar-refractivity contribution in [3.8, 4) is 17.2 Å². The van der Waals surface area contributed by atoms with E-state index in [2.05, 4.69) is 5.32 Å². The molecule has 1 N–H and O–H groups in total. The van der Waals surface area contributed by atoms with Crippen molar-refractivity contribution in [3.05, 3.63) is 48.0 Å². The Morgan fingerprint density at radius 3 is 2.62 bits per heavy atom. The zero-order chi connectivity index (χ0) is 18.1. The van der Waals surface area contributed by atoms with Gasteiger partial charge in [-0.05, 0) is 30.3 Å². The molecule has 0 aromatic heterocycles. The molecule has 1 atom stereocenters. The van der Waals surface area contributed by atoms with Gasteiger partial charge in [0.25, 0.3) is 11.8 Å². The molecule has 0 bridgehead atoms. The van der Waals surface area contributed by atoms with Crippen molar-refractivity contribution in [2.45, 2.75) is 6.10 Å². The van der Waals surface area contributed by atoms with Gasteiger partial charge in [0.1, 0.15) is 19.0 Å². The first-order chi connectivity index (χ1) is 12.7. The zero-order valence-electron chi connectivity index (χ0n) is 14.2. The van der Waals surface area contributed by atoms with Gasteiger partial charge < -0.3 is 24.4 Å². The van der Waals surface area contributed by atoms with Gasteiger partial charge in [-0.1, -0.05) is 12.1 Å². The molecule has 2 heterocycles. The summed E-state index contributed by atoms with van der Waals surface area (Å²) in [6, 6.07) is 12.3. The van der Waals surface area contributed by atoms with Crippen LogP contribution in [-0.4, -0.2) is 44.7 Å². The molecule has 0 spiro atoms. The number of nitrogens with one attached hydrogen (secondary N) is 1. The summed E-state index contributed by atoms with van der Waals surface area (Å²) >= 11 is 0. The minimum atomic E-state index is -0.768. The first-order valence-corrected chi connectivity index (χ1v) is 8.36. The van der Waals surface area contributed by atoms with Crippen molar-refractivity contribution in [1.82, 2.24) is 5.32 Å².